The zero-order valence-electron chi connectivity index (χ0n) is 25.5. The maximum Gasteiger partial charge on any atom is 0.167 e. The minimum atomic E-state index is 0.531. The fourth-order valence-corrected chi connectivity index (χ4v) is 3.52. The molecule has 46 heavy (non-hydrogen) atoms. The average molecular weight is 615 g/mol. The van der Waals surface area contributed by atoms with Gasteiger partial charge in [-0.15, -0.1) is 0 Å². The van der Waals surface area contributed by atoms with Crippen LogP contribution in [-0.2, 0) is 0 Å². The van der Waals surface area contributed by atoms with Crippen LogP contribution in [0, 0.1) is 0 Å². The molecule has 16 nitrogen and oxygen atoms in total. The summed E-state index contributed by atoms with van der Waals surface area (Å²) in [6, 6.07) is 11.2. The van der Waals surface area contributed by atoms with E-state index in [2.05, 4.69) is 60.3 Å². The first-order chi connectivity index (χ1) is 22.4. The average Bonchev–Trinajstić information content (AvgIpc) is 3.12. The van der Waals surface area contributed by atoms with Gasteiger partial charge in [-0.3, -0.25) is 30.0 Å². The van der Waals surface area contributed by atoms with Gasteiger partial charge in [0.25, 0.3) is 0 Å². The Balaban J connectivity index is 1.11. The van der Waals surface area contributed by atoms with E-state index >= 15 is 0 Å². The molecule has 0 N–H and O–H groups in total. The van der Waals surface area contributed by atoms with Gasteiger partial charge in [0.15, 0.2) is 11.6 Å². The van der Waals surface area contributed by atoms with Gasteiger partial charge in [0.2, 0.25) is 0 Å². The molecule has 0 aliphatic rings. The van der Waals surface area contributed by atoms with Crippen LogP contribution in [0.3, 0.4) is 0 Å². The first kappa shape index (κ1) is 30.9. The van der Waals surface area contributed by atoms with Crippen LogP contribution < -0.4 is 20.0 Å². The normalized spacial score (nSPS) is 11.6. The highest BCUT2D eigenvalue weighted by Crippen LogP contribution is 2.13. The first-order valence-corrected chi connectivity index (χ1v) is 13.8. The monoisotopic (exact) mass is 614 g/mol. The summed E-state index contributed by atoms with van der Waals surface area (Å²) in [5, 5.41) is 23.9. The summed E-state index contributed by atoms with van der Waals surface area (Å²) < 4.78 is 0. The lowest BCUT2D eigenvalue weighted by molar-refractivity contribution is 0.931. The van der Waals surface area contributed by atoms with Crippen molar-refractivity contribution in [3.05, 3.63) is 109 Å². The van der Waals surface area contributed by atoms with E-state index in [4.69, 9.17) is 0 Å². The minimum absolute atomic E-state index is 0.531. The van der Waals surface area contributed by atoms with Crippen LogP contribution in [0.25, 0.3) is 0 Å². The maximum absolute atomic E-state index is 4.43. The van der Waals surface area contributed by atoms with Gasteiger partial charge in [0.1, 0.15) is 34.4 Å². The molecule has 0 unspecified atom stereocenters. The second kappa shape index (κ2) is 15.2. The van der Waals surface area contributed by atoms with Crippen LogP contribution >= 0.6 is 0 Å². The third kappa shape index (κ3) is 8.73. The number of rotatable bonds is 12. The van der Waals surface area contributed by atoms with Crippen LogP contribution in [0.1, 0.15) is 22.8 Å². The van der Waals surface area contributed by atoms with E-state index < -0.39 is 0 Å². The predicted molar refractivity (Wildman–Crippen MR) is 179 cm³/mol. The zero-order valence-corrected chi connectivity index (χ0v) is 25.5. The Hall–Kier alpha value is -6.58. The van der Waals surface area contributed by atoms with E-state index in [1.807, 2.05) is 50.5 Å². The summed E-state index contributed by atoms with van der Waals surface area (Å²) in [6.07, 6.45) is 19.4. The van der Waals surface area contributed by atoms with Crippen molar-refractivity contribution in [2.24, 2.45) is 20.4 Å². The molecule has 0 fully saturated rings. The van der Waals surface area contributed by atoms with Crippen molar-refractivity contribution in [1.82, 2.24) is 39.9 Å². The number of hydrogen-bond donors (Lipinski definition) is 0. The fraction of sp³-hybridized carbons (Fsp3) is 0.133. The molecule has 5 heterocycles. The Bertz CT molecular complexity index is 1640. The van der Waals surface area contributed by atoms with Crippen LogP contribution in [0.4, 0.5) is 23.3 Å². The van der Waals surface area contributed by atoms with Crippen molar-refractivity contribution in [1.29, 1.82) is 0 Å². The first-order valence-electron chi connectivity index (χ1n) is 13.8. The molecule has 0 aliphatic carbocycles. The highest BCUT2D eigenvalue weighted by atomic mass is 15.5. The third-order valence-corrected chi connectivity index (χ3v) is 6.09. The lowest BCUT2D eigenvalue weighted by Gasteiger charge is -2.14. The Kier molecular flexibility index (Phi) is 10.2. The molecule has 5 rings (SSSR count). The van der Waals surface area contributed by atoms with Gasteiger partial charge in [-0.05, 0) is 24.3 Å². The Morgan fingerprint density at radius 2 is 0.717 bits per heavy atom. The van der Waals surface area contributed by atoms with Crippen molar-refractivity contribution in [3.8, 4) is 0 Å². The minimum Gasteiger partial charge on any atom is -0.251 e. The summed E-state index contributed by atoms with van der Waals surface area (Å²) in [5.74, 6) is 2.50. The third-order valence-electron chi connectivity index (χ3n) is 6.09. The fourth-order valence-electron chi connectivity index (χ4n) is 3.52. The van der Waals surface area contributed by atoms with E-state index in [-0.39, 0.29) is 0 Å². The highest BCUT2D eigenvalue weighted by Gasteiger charge is 2.06. The number of aromatic nitrogens is 8. The van der Waals surface area contributed by atoms with Crippen molar-refractivity contribution < 1.29 is 0 Å². The van der Waals surface area contributed by atoms with Gasteiger partial charge in [0.05, 0.1) is 62.0 Å². The second-order valence-corrected chi connectivity index (χ2v) is 9.41. The predicted octanol–water partition coefficient (Wildman–Crippen LogP) is 2.73. The lowest BCUT2D eigenvalue weighted by atomic mass is 10.4. The summed E-state index contributed by atoms with van der Waals surface area (Å²) >= 11 is 0. The van der Waals surface area contributed by atoms with Gasteiger partial charge >= 0.3 is 0 Å². The lowest BCUT2D eigenvalue weighted by Crippen LogP contribution is -2.15. The molecule has 230 valence electrons. The molecule has 16 heteroatoms. The van der Waals surface area contributed by atoms with Crippen LogP contribution in [-0.4, -0.2) is 92.9 Å². The molecule has 0 radical (unpaired) electrons. The summed E-state index contributed by atoms with van der Waals surface area (Å²) in [7, 11) is 7.13. The smallest absolute Gasteiger partial charge is 0.167 e. The molecule has 0 spiro atoms. The molecule has 0 amide bonds. The van der Waals surface area contributed by atoms with Crippen LogP contribution in [0.2, 0.25) is 0 Å². The second-order valence-electron chi connectivity index (χ2n) is 9.41. The molecular formula is C30H30N16. The quantitative estimate of drug-likeness (QED) is 0.149. The largest absolute Gasteiger partial charge is 0.251 e. The Labute approximate surface area is 265 Å². The van der Waals surface area contributed by atoms with E-state index in [1.54, 1.807) is 109 Å². The topological polar surface area (TPSA) is 166 Å². The maximum atomic E-state index is 4.43. The molecular weight excluding hydrogens is 584 g/mol. The number of hydrogen-bond acceptors (Lipinski definition) is 16. The van der Waals surface area contributed by atoms with E-state index in [0.29, 0.717) is 34.4 Å². The van der Waals surface area contributed by atoms with Crippen molar-refractivity contribution in [3.63, 3.8) is 0 Å². The van der Waals surface area contributed by atoms with Crippen molar-refractivity contribution in [2.75, 3.05) is 48.2 Å². The molecule has 5 aromatic heterocycles. The highest BCUT2D eigenvalue weighted by molar-refractivity contribution is 5.81. The molecule has 0 aromatic carbocycles. The Morgan fingerprint density at radius 3 is 0.978 bits per heavy atom. The van der Waals surface area contributed by atoms with Crippen molar-refractivity contribution >= 4 is 48.1 Å². The van der Waals surface area contributed by atoms with Gasteiger partial charge in [-0.1, -0.05) is 12.1 Å². The van der Waals surface area contributed by atoms with Gasteiger partial charge in [-0.2, -0.15) is 20.4 Å². The van der Waals surface area contributed by atoms with E-state index in [0.717, 1.165) is 11.6 Å². The molecule has 0 bridgehead atoms. The Morgan fingerprint density at radius 1 is 0.391 bits per heavy atom. The molecule has 0 saturated heterocycles. The zero-order chi connectivity index (χ0) is 32.1. The van der Waals surface area contributed by atoms with Crippen molar-refractivity contribution in [2.45, 2.75) is 0 Å². The molecule has 0 atom stereocenters. The SMILES string of the molecule is CN(/N=C/c1cnc(/C=N/N(C)c2cnc(N(C)/N=C/c3cnc(/C=N/N(C)c4ccccn4)cn3)cn2)cn1)c1ccccn1. The van der Waals surface area contributed by atoms with Crippen LogP contribution in [0.15, 0.2) is 106 Å². The van der Waals surface area contributed by atoms with E-state index in [1.165, 1.54) is 0 Å². The summed E-state index contributed by atoms with van der Waals surface area (Å²) in [4.78, 5) is 34.8. The van der Waals surface area contributed by atoms with Gasteiger partial charge in [-0.25, -0.2) is 30.0 Å². The number of hydrazone groups is 4. The number of anilines is 4. The summed E-state index contributed by atoms with van der Waals surface area (Å²) in [5.41, 5.74) is 2.34. The molecule has 5 aromatic rings. The number of nitrogens with zero attached hydrogens (tertiary/aromatic N) is 16. The molecule has 0 aliphatic heterocycles. The van der Waals surface area contributed by atoms with Gasteiger partial charge < -0.3 is 0 Å². The standard InChI is InChI=1S/C30H30N16/c1-43(27-9-5-7-11-31-27)39-17-23-13-35-25(15-33-23)19-41-45(3)29-21-38-30(22-37-29)46(4)42-20-26-16-34-24(14-36-26)18-40-44(2)28-10-6-8-12-32-28/h5-22H,1-4H3/b39-17+,40-18+,41-19+,42-20+. The summed E-state index contributed by atoms with van der Waals surface area (Å²) in [6.45, 7) is 0. The van der Waals surface area contributed by atoms with E-state index in [9.17, 15) is 0 Å². The van der Waals surface area contributed by atoms with Gasteiger partial charge in [0, 0.05) is 40.6 Å². The van der Waals surface area contributed by atoms with Crippen LogP contribution in [0.5, 0.6) is 0 Å². The number of pyridine rings is 2. The molecule has 0 saturated carbocycles.